The van der Waals surface area contributed by atoms with Gasteiger partial charge in [0, 0.05) is 44.1 Å². The monoisotopic (exact) mass is 762 g/mol. The minimum absolute atomic E-state index is 0.0122. The molecule has 4 aliphatic rings. The fourth-order valence-electron chi connectivity index (χ4n) is 8.69. The van der Waals surface area contributed by atoms with E-state index in [1.807, 2.05) is 25.7 Å². The lowest BCUT2D eigenvalue weighted by molar-refractivity contribution is 0.0122. The van der Waals surface area contributed by atoms with Gasteiger partial charge in [-0.2, -0.15) is 9.97 Å². The van der Waals surface area contributed by atoms with Gasteiger partial charge in [0.2, 0.25) is 0 Å². The van der Waals surface area contributed by atoms with Crippen molar-refractivity contribution >= 4 is 44.4 Å². The fraction of sp³-hybridized carbons (Fsp3) is 0.538. The van der Waals surface area contributed by atoms with Crippen LogP contribution in [0.1, 0.15) is 75.1 Å². The molecule has 2 aromatic carbocycles. The largest absolute Gasteiger partial charge is 0.468 e. The number of terminal acetylenes is 1. The van der Waals surface area contributed by atoms with Crippen molar-refractivity contribution in [2.75, 3.05) is 51.6 Å². The molecule has 4 aromatic rings. The molecule has 2 aromatic heterocycles. The fourth-order valence-corrected chi connectivity index (χ4v) is 9.62. The van der Waals surface area contributed by atoms with Crippen molar-refractivity contribution in [1.29, 1.82) is 0 Å². The summed E-state index contributed by atoms with van der Waals surface area (Å²) in [6.45, 7) is 7.95. The number of nitrogens with zero attached hydrogens (tertiary/aromatic N) is 6. The topological polar surface area (TPSA) is 123 Å². The zero-order valence-electron chi connectivity index (χ0n) is 30.8. The summed E-state index contributed by atoms with van der Waals surface area (Å²) in [7, 11) is 1.50. The molecule has 4 saturated heterocycles. The number of hydrogen-bond donors (Lipinski definition) is 1. The Morgan fingerprint density at radius 3 is 2.65 bits per heavy atom. The molecule has 286 valence electrons. The molecular weight excluding hydrogens is 719 g/mol. The summed E-state index contributed by atoms with van der Waals surface area (Å²) in [6, 6.07) is 6.10. The lowest BCUT2D eigenvalue weighted by Crippen LogP contribution is -2.57. The lowest BCUT2D eigenvalue weighted by atomic mass is 9.95. The summed E-state index contributed by atoms with van der Waals surface area (Å²) in [5, 5.41) is 13.3. The maximum Gasteiger partial charge on any atom is 0.410 e. The van der Waals surface area contributed by atoms with Crippen LogP contribution in [0.15, 0.2) is 24.3 Å². The SMILES string of the molecule is C#Cc1c(F)ccc2cc(OCOC)cc([C@@H](O)c3nc4c(N5CC6CCC(C5)N6C(=O)OC(C)(C)C)nc(OC[C@@]56CCCN5C[C@H](F)C6)nc4s3)c12. The number of aromatic nitrogens is 3. The van der Waals surface area contributed by atoms with E-state index < -0.39 is 29.2 Å². The van der Waals surface area contributed by atoms with Crippen LogP contribution in [0.5, 0.6) is 11.8 Å². The van der Waals surface area contributed by atoms with Gasteiger partial charge in [-0.15, -0.1) is 6.42 Å². The molecule has 4 fully saturated rings. The zero-order valence-corrected chi connectivity index (χ0v) is 31.6. The number of fused-ring (bicyclic) bond motifs is 5. The molecule has 4 aliphatic heterocycles. The van der Waals surface area contributed by atoms with Crippen molar-refractivity contribution in [3.05, 3.63) is 46.2 Å². The van der Waals surface area contributed by atoms with Crippen molar-refractivity contribution in [2.24, 2.45) is 0 Å². The van der Waals surface area contributed by atoms with Gasteiger partial charge >= 0.3 is 12.1 Å². The number of benzene rings is 2. The van der Waals surface area contributed by atoms with Crippen LogP contribution in [-0.4, -0.2) is 112 Å². The second-order valence-electron chi connectivity index (χ2n) is 15.7. The van der Waals surface area contributed by atoms with Gasteiger partial charge < -0.3 is 29.0 Å². The van der Waals surface area contributed by atoms with E-state index >= 15 is 4.39 Å². The molecule has 1 N–H and O–H groups in total. The van der Waals surface area contributed by atoms with Gasteiger partial charge in [-0.25, -0.2) is 18.6 Å². The number of amides is 1. The second kappa shape index (κ2) is 14.1. The molecule has 54 heavy (non-hydrogen) atoms. The lowest BCUT2D eigenvalue weighted by Gasteiger charge is -2.41. The molecule has 2 bridgehead atoms. The third kappa shape index (κ3) is 6.67. The van der Waals surface area contributed by atoms with E-state index in [0.29, 0.717) is 64.3 Å². The highest BCUT2D eigenvalue weighted by Crippen LogP contribution is 2.43. The molecular formula is C39H44F2N6O6S. The number of hydrogen-bond acceptors (Lipinski definition) is 12. The maximum absolute atomic E-state index is 15.1. The highest BCUT2D eigenvalue weighted by atomic mass is 32.1. The van der Waals surface area contributed by atoms with Crippen LogP contribution in [0.25, 0.3) is 21.1 Å². The minimum Gasteiger partial charge on any atom is -0.468 e. The van der Waals surface area contributed by atoms with Gasteiger partial charge in [-0.1, -0.05) is 23.3 Å². The van der Waals surface area contributed by atoms with Gasteiger partial charge in [-0.05, 0) is 76.6 Å². The first kappa shape index (κ1) is 36.6. The number of rotatable bonds is 9. The van der Waals surface area contributed by atoms with E-state index in [1.165, 1.54) is 13.2 Å². The normalized spacial score (nSPS) is 24.6. The molecule has 12 nitrogen and oxygen atoms in total. The van der Waals surface area contributed by atoms with Gasteiger partial charge in [0.1, 0.15) is 46.6 Å². The average molecular weight is 763 g/mol. The number of aliphatic hydroxyl groups excluding tert-OH is 1. The van der Waals surface area contributed by atoms with Crippen LogP contribution in [0.3, 0.4) is 0 Å². The highest BCUT2D eigenvalue weighted by molar-refractivity contribution is 7.18. The summed E-state index contributed by atoms with van der Waals surface area (Å²) in [5.74, 6) is 2.76. The standard InChI is InChI=1S/C39H44F2N6O6S/c1-6-27-29(41)11-8-22-14-26(52-21-50-5)15-28(30(22)27)32(48)35-42-31-33(45-18-24-9-10-25(19-45)47(24)37(49)53-38(2,3)4)43-36(44-34(31)54-35)51-20-39-12-7-13-46(39)17-23(40)16-39/h1,8,11,14-15,23-25,32,48H,7,9-10,12-13,16-21H2,2-5H3/t23-,24?,25?,32-,39+/m1/s1. The van der Waals surface area contributed by atoms with Crippen molar-refractivity contribution in [3.63, 3.8) is 0 Å². The van der Waals surface area contributed by atoms with Gasteiger partial charge in [0.05, 0.1) is 23.2 Å². The van der Waals surface area contributed by atoms with Crippen LogP contribution in [0.4, 0.5) is 19.4 Å². The molecule has 15 heteroatoms. The van der Waals surface area contributed by atoms with Crippen LogP contribution in [-0.2, 0) is 9.47 Å². The van der Waals surface area contributed by atoms with E-state index in [2.05, 4.69) is 15.7 Å². The number of alkyl halides is 1. The molecule has 1 amide bonds. The number of thiazole rings is 1. The molecule has 0 spiro atoms. The first-order valence-corrected chi connectivity index (χ1v) is 19.2. The molecule has 8 rings (SSSR count). The third-order valence-electron chi connectivity index (χ3n) is 10.9. The highest BCUT2D eigenvalue weighted by Gasteiger charge is 2.50. The van der Waals surface area contributed by atoms with Gasteiger partial charge in [0.15, 0.2) is 17.4 Å². The summed E-state index contributed by atoms with van der Waals surface area (Å²) in [4.78, 5) is 34.5. The minimum atomic E-state index is -1.35. The Labute approximate surface area is 316 Å². The molecule has 0 aliphatic carbocycles. The number of halogens is 2. The molecule has 2 unspecified atom stereocenters. The van der Waals surface area contributed by atoms with Crippen LogP contribution in [0.2, 0.25) is 0 Å². The number of aliphatic hydroxyl groups is 1. The average Bonchev–Trinajstić information content (AvgIpc) is 3.87. The Morgan fingerprint density at radius 1 is 1.15 bits per heavy atom. The number of piperazine rings is 1. The van der Waals surface area contributed by atoms with Crippen molar-refractivity contribution in [1.82, 2.24) is 24.8 Å². The van der Waals surface area contributed by atoms with E-state index in [1.54, 1.807) is 18.2 Å². The smallest absolute Gasteiger partial charge is 0.410 e. The van der Waals surface area contributed by atoms with Crippen molar-refractivity contribution in [3.8, 4) is 24.1 Å². The molecule has 0 saturated carbocycles. The first-order chi connectivity index (χ1) is 25.9. The summed E-state index contributed by atoms with van der Waals surface area (Å²) in [6.07, 6.45) is 7.02. The number of ether oxygens (including phenoxy) is 4. The molecule has 0 radical (unpaired) electrons. The Bertz CT molecular complexity index is 2120. The van der Waals surface area contributed by atoms with Crippen molar-refractivity contribution < 1.29 is 37.6 Å². The Kier molecular flexibility index (Phi) is 9.52. The van der Waals surface area contributed by atoms with Crippen LogP contribution < -0.4 is 14.4 Å². The zero-order chi connectivity index (χ0) is 37.9. The van der Waals surface area contributed by atoms with E-state index in [-0.39, 0.29) is 48.2 Å². The first-order valence-electron chi connectivity index (χ1n) is 18.4. The van der Waals surface area contributed by atoms with E-state index in [0.717, 1.165) is 43.6 Å². The summed E-state index contributed by atoms with van der Waals surface area (Å²) < 4.78 is 52.7. The maximum atomic E-state index is 15.1. The van der Waals surface area contributed by atoms with E-state index in [4.69, 9.17) is 40.3 Å². The van der Waals surface area contributed by atoms with Crippen molar-refractivity contribution in [2.45, 2.75) is 88.4 Å². The summed E-state index contributed by atoms with van der Waals surface area (Å²) in [5.41, 5.74) is -0.261. The van der Waals surface area contributed by atoms with Gasteiger partial charge in [-0.3, -0.25) is 9.80 Å². The number of carbonyl (C=O) groups is 1. The van der Waals surface area contributed by atoms with Gasteiger partial charge in [0.25, 0.3) is 0 Å². The third-order valence-corrected chi connectivity index (χ3v) is 11.9. The van der Waals surface area contributed by atoms with Crippen LogP contribution in [0, 0.1) is 18.2 Å². The number of carbonyl (C=O) groups excluding carboxylic acids is 1. The predicted molar refractivity (Wildman–Crippen MR) is 199 cm³/mol. The van der Waals surface area contributed by atoms with Crippen LogP contribution >= 0.6 is 11.3 Å². The van der Waals surface area contributed by atoms with E-state index in [9.17, 15) is 14.3 Å². The predicted octanol–water partition coefficient (Wildman–Crippen LogP) is 5.97. The molecule has 6 heterocycles. The Balaban J connectivity index is 1.19. The quantitative estimate of drug-likeness (QED) is 0.160. The summed E-state index contributed by atoms with van der Waals surface area (Å²) >= 11 is 1.16. The second-order valence-corrected chi connectivity index (χ2v) is 16.7. The molecule has 5 atom stereocenters. The number of anilines is 1. The Morgan fingerprint density at radius 2 is 1.93 bits per heavy atom. The number of methoxy groups -OCH3 is 1. The Hall–Kier alpha value is -4.36.